The Balaban J connectivity index is 1.63. The minimum absolute atomic E-state index is 0.180. The third kappa shape index (κ3) is 3.48. The van der Waals surface area contributed by atoms with Gasteiger partial charge in [0, 0.05) is 44.5 Å². The molecule has 1 saturated heterocycles. The van der Waals surface area contributed by atoms with Crippen molar-refractivity contribution >= 4 is 11.6 Å². The van der Waals surface area contributed by atoms with Crippen molar-refractivity contribution in [3.05, 3.63) is 41.2 Å². The number of ether oxygens (including phenoxy) is 1. The number of hydrogen-bond acceptors (Lipinski definition) is 4. The summed E-state index contributed by atoms with van der Waals surface area (Å²) in [6.07, 6.45) is 0.431. The zero-order chi connectivity index (χ0) is 18.0. The summed E-state index contributed by atoms with van der Waals surface area (Å²) >= 11 is 0. The van der Waals surface area contributed by atoms with Crippen LogP contribution in [-0.4, -0.2) is 53.9 Å². The quantitative estimate of drug-likeness (QED) is 0.852. The summed E-state index contributed by atoms with van der Waals surface area (Å²) in [6.45, 7) is 7.08. The van der Waals surface area contributed by atoms with E-state index in [1.54, 1.807) is 7.11 Å². The maximum atomic E-state index is 12.7. The molecular weight excluding hydrogens is 316 g/mol. The van der Waals surface area contributed by atoms with Crippen molar-refractivity contribution in [3.63, 3.8) is 0 Å². The predicted molar refractivity (Wildman–Crippen MR) is 98.2 cm³/mol. The molecule has 1 aromatic carbocycles. The summed E-state index contributed by atoms with van der Waals surface area (Å²) in [5.74, 6) is 1.06. The Hall–Kier alpha value is -2.50. The van der Waals surface area contributed by atoms with Gasteiger partial charge in [0.05, 0.1) is 24.9 Å². The van der Waals surface area contributed by atoms with Crippen LogP contribution in [0.5, 0.6) is 5.75 Å². The first kappa shape index (κ1) is 17.3. The van der Waals surface area contributed by atoms with Gasteiger partial charge in [0.25, 0.3) is 0 Å². The van der Waals surface area contributed by atoms with Crippen LogP contribution in [0.3, 0.4) is 0 Å². The number of benzene rings is 1. The molecule has 0 aliphatic carbocycles. The van der Waals surface area contributed by atoms with Gasteiger partial charge >= 0.3 is 0 Å². The van der Waals surface area contributed by atoms with Crippen molar-refractivity contribution in [2.24, 2.45) is 7.05 Å². The third-order valence-corrected chi connectivity index (χ3v) is 5.05. The molecule has 2 aromatic rings. The van der Waals surface area contributed by atoms with Crippen molar-refractivity contribution in [2.45, 2.75) is 20.3 Å². The summed E-state index contributed by atoms with van der Waals surface area (Å²) in [6, 6.07) is 8.03. The van der Waals surface area contributed by atoms with Gasteiger partial charge < -0.3 is 14.5 Å². The monoisotopic (exact) mass is 342 g/mol. The normalized spacial score (nSPS) is 14.7. The SMILES string of the molecule is COc1ccccc1N1CCN(C(=O)Cc2c(C)nn(C)c2C)CC1. The number of anilines is 1. The number of hydrogen-bond donors (Lipinski definition) is 0. The highest BCUT2D eigenvalue weighted by atomic mass is 16.5. The smallest absolute Gasteiger partial charge is 0.227 e. The average Bonchev–Trinajstić information content (AvgIpc) is 2.88. The molecule has 6 heteroatoms. The van der Waals surface area contributed by atoms with Crippen LogP contribution in [0.25, 0.3) is 0 Å². The highest BCUT2D eigenvalue weighted by molar-refractivity contribution is 5.79. The predicted octanol–water partition coefficient (Wildman–Crippen LogP) is 1.94. The standard InChI is InChI=1S/C19H26N4O2/c1-14-16(15(2)21(3)20-14)13-19(24)23-11-9-22(10-12-23)17-7-5-6-8-18(17)25-4/h5-8H,9-13H2,1-4H3. The number of rotatable bonds is 4. The second-order valence-electron chi connectivity index (χ2n) is 6.49. The lowest BCUT2D eigenvalue weighted by Crippen LogP contribution is -2.49. The second kappa shape index (κ2) is 7.17. The van der Waals surface area contributed by atoms with Gasteiger partial charge in [0.15, 0.2) is 0 Å². The van der Waals surface area contributed by atoms with Crippen LogP contribution >= 0.6 is 0 Å². The van der Waals surface area contributed by atoms with Crippen LogP contribution in [0.15, 0.2) is 24.3 Å². The number of amides is 1. The van der Waals surface area contributed by atoms with E-state index in [2.05, 4.69) is 16.1 Å². The minimum Gasteiger partial charge on any atom is -0.495 e. The van der Waals surface area contributed by atoms with Gasteiger partial charge in [-0.2, -0.15) is 5.10 Å². The molecule has 1 aromatic heterocycles. The number of nitrogens with zero attached hydrogens (tertiary/aromatic N) is 4. The fourth-order valence-corrected chi connectivity index (χ4v) is 3.42. The lowest BCUT2D eigenvalue weighted by atomic mass is 10.1. The molecule has 25 heavy (non-hydrogen) atoms. The molecule has 0 N–H and O–H groups in total. The van der Waals surface area contributed by atoms with E-state index in [1.165, 1.54) is 0 Å². The topological polar surface area (TPSA) is 50.6 Å². The fraction of sp³-hybridized carbons (Fsp3) is 0.474. The molecule has 1 aliphatic rings. The lowest BCUT2D eigenvalue weighted by Gasteiger charge is -2.36. The highest BCUT2D eigenvalue weighted by Gasteiger charge is 2.24. The first-order chi connectivity index (χ1) is 12.0. The highest BCUT2D eigenvalue weighted by Crippen LogP contribution is 2.28. The van der Waals surface area contributed by atoms with Gasteiger partial charge in [-0.1, -0.05) is 12.1 Å². The molecule has 2 heterocycles. The van der Waals surface area contributed by atoms with E-state index in [0.717, 1.165) is 54.6 Å². The summed E-state index contributed by atoms with van der Waals surface area (Å²) in [5, 5.41) is 4.40. The first-order valence-corrected chi connectivity index (χ1v) is 8.66. The van der Waals surface area contributed by atoms with Crippen molar-refractivity contribution in [1.29, 1.82) is 0 Å². The van der Waals surface area contributed by atoms with Crippen LogP contribution in [-0.2, 0) is 18.3 Å². The molecule has 3 rings (SSSR count). The Morgan fingerprint density at radius 1 is 1.16 bits per heavy atom. The zero-order valence-electron chi connectivity index (χ0n) is 15.5. The van der Waals surface area contributed by atoms with Gasteiger partial charge in [-0.25, -0.2) is 0 Å². The molecule has 134 valence electrons. The maximum absolute atomic E-state index is 12.7. The minimum atomic E-state index is 0.180. The Kier molecular flexibility index (Phi) is 4.97. The third-order valence-electron chi connectivity index (χ3n) is 5.05. The van der Waals surface area contributed by atoms with E-state index in [1.807, 2.05) is 48.7 Å². The van der Waals surface area contributed by atoms with E-state index >= 15 is 0 Å². The molecule has 1 aliphatic heterocycles. The van der Waals surface area contributed by atoms with E-state index in [-0.39, 0.29) is 5.91 Å². The van der Waals surface area contributed by atoms with Gasteiger partial charge in [-0.3, -0.25) is 9.48 Å². The van der Waals surface area contributed by atoms with Crippen LogP contribution in [0.2, 0.25) is 0 Å². The van der Waals surface area contributed by atoms with Gasteiger partial charge in [0.1, 0.15) is 5.75 Å². The molecule has 0 bridgehead atoms. The Morgan fingerprint density at radius 2 is 1.84 bits per heavy atom. The summed E-state index contributed by atoms with van der Waals surface area (Å²) < 4.78 is 7.29. The van der Waals surface area contributed by atoms with E-state index < -0.39 is 0 Å². The number of methoxy groups -OCH3 is 1. The lowest BCUT2D eigenvalue weighted by molar-refractivity contribution is -0.130. The van der Waals surface area contributed by atoms with Crippen LogP contribution < -0.4 is 9.64 Å². The summed E-state index contributed by atoms with van der Waals surface area (Å²) in [4.78, 5) is 16.9. The molecular formula is C19H26N4O2. The number of para-hydroxylation sites is 2. The van der Waals surface area contributed by atoms with Crippen molar-refractivity contribution in [2.75, 3.05) is 38.2 Å². The van der Waals surface area contributed by atoms with Crippen molar-refractivity contribution in [1.82, 2.24) is 14.7 Å². The zero-order valence-corrected chi connectivity index (χ0v) is 15.5. The van der Waals surface area contributed by atoms with Gasteiger partial charge in [-0.15, -0.1) is 0 Å². The summed E-state index contributed by atoms with van der Waals surface area (Å²) in [7, 11) is 3.61. The van der Waals surface area contributed by atoms with Crippen LogP contribution in [0.4, 0.5) is 5.69 Å². The molecule has 1 fully saturated rings. The molecule has 0 unspecified atom stereocenters. The van der Waals surface area contributed by atoms with Crippen molar-refractivity contribution in [3.8, 4) is 5.75 Å². The fourth-order valence-electron chi connectivity index (χ4n) is 3.42. The molecule has 0 atom stereocenters. The number of carbonyl (C=O) groups is 1. The number of aromatic nitrogens is 2. The van der Waals surface area contributed by atoms with Gasteiger partial charge in [-0.05, 0) is 26.0 Å². The molecule has 6 nitrogen and oxygen atoms in total. The first-order valence-electron chi connectivity index (χ1n) is 8.66. The van der Waals surface area contributed by atoms with E-state index in [0.29, 0.717) is 6.42 Å². The van der Waals surface area contributed by atoms with Gasteiger partial charge in [0.2, 0.25) is 5.91 Å². The Morgan fingerprint density at radius 3 is 2.44 bits per heavy atom. The summed E-state index contributed by atoms with van der Waals surface area (Å²) in [5.41, 5.74) is 4.16. The molecule has 1 amide bonds. The number of aryl methyl sites for hydroxylation is 2. The Bertz CT molecular complexity index is 761. The molecule has 0 spiro atoms. The van der Waals surface area contributed by atoms with E-state index in [9.17, 15) is 4.79 Å². The van der Waals surface area contributed by atoms with E-state index in [4.69, 9.17) is 4.74 Å². The largest absolute Gasteiger partial charge is 0.495 e. The molecule has 0 saturated carbocycles. The van der Waals surface area contributed by atoms with Crippen molar-refractivity contribution < 1.29 is 9.53 Å². The maximum Gasteiger partial charge on any atom is 0.227 e. The number of piperazine rings is 1. The second-order valence-corrected chi connectivity index (χ2v) is 6.49. The number of carbonyl (C=O) groups excluding carboxylic acids is 1. The average molecular weight is 342 g/mol. The van der Waals surface area contributed by atoms with Crippen LogP contribution in [0.1, 0.15) is 17.0 Å². The van der Waals surface area contributed by atoms with Crippen LogP contribution in [0, 0.1) is 13.8 Å². The molecule has 0 radical (unpaired) electrons. The Labute approximate surface area is 149 Å².